The van der Waals surface area contributed by atoms with Crippen LogP contribution in [0.15, 0.2) is 18.2 Å². The molecule has 0 spiro atoms. The Bertz CT molecular complexity index is 651. The maximum absolute atomic E-state index is 12.5. The Kier molecular flexibility index (Phi) is 5.21. The van der Waals surface area contributed by atoms with Gasteiger partial charge in [-0.2, -0.15) is 0 Å². The molecule has 1 aromatic rings. The molecule has 1 saturated heterocycles. The summed E-state index contributed by atoms with van der Waals surface area (Å²) in [5.74, 6) is 1.03. The van der Waals surface area contributed by atoms with Crippen LogP contribution in [0.1, 0.15) is 68.4 Å². The molecular formula is C22H31NO3. The number of likely N-dealkylation sites (tertiary alicyclic amines) is 1. The van der Waals surface area contributed by atoms with Crippen LogP contribution < -0.4 is 0 Å². The molecule has 4 heteroatoms. The van der Waals surface area contributed by atoms with Gasteiger partial charge < -0.3 is 9.84 Å². The lowest BCUT2D eigenvalue weighted by atomic mass is 9.89. The molecule has 4 nitrogen and oxygen atoms in total. The molecule has 1 N–H and O–H groups in total. The van der Waals surface area contributed by atoms with E-state index >= 15 is 0 Å². The van der Waals surface area contributed by atoms with Crippen molar-refractivity contribution in [1.82, 2.24) is 4.90 Å². The van der Waals surface area contributed by atoms with Crippen LogP contribution in [0.2, 0.25) is 0 Å². The number of aromatic hydroxyl groups is 1. The van der Waals surface area contributed by atoms with Crippen LogP contribution in [0, 0.1) is 5.92 Å². The van der Waals surface area contributed by atoms with Gasteiger partial charge in [0.25, 0.3) is 0 Å². The summed E-state index contributed by atoms with van der Waals surface area (Å²) in [6, 6.07) is 6.27. The number of nitrogens with zero attached hydrogens (tertiary/aromatic N) is 1. The fourth-order valence-corrected chi connectivity index (χ4v) is 5.40. The maximum atomic E-state index is 12.5. The van der Waals surface area contributed by atoms with Gasteiger partial charge >= 0.3 is 5.97 Å². The summed E-state index contributed by atoms with van der Waals surface area (Å²) in [7, 11) is 2.12. The molecule has 3 aliphatic rings. The molecule has 3 fully saturated rings. The summed E-state index contributed by atoms with van der Waals surface area (Å²) >= 11 is 0. The van der Waals surface area contributed by atoms with Crippen LogP contribution >= 0.6 is 0 Å². The van der Waals surface area contributed by atoms with Crippen LogP contribution in [0.25, 0.3) is 0 Å². The number of fused-ring (bicyclic) bond motifs is 2. The summed E-state index contributed by atoms with van der Waals surface area (Å²) in [4.78, 5) is 14.9. The minimum Gasteiger partial charge on any atom is -0.507 e. The standard InChI is InChI=1S/C22H31NO3/c1-23-14-17-11-12-19(23)22(17)26-20(24)13-16-9-6-10-18(21(16)25)15-7-4-2-3-5-8-15/h6,9-10,15,17,19,22,25H,2-5,7-8,11-14H2,1H3. The lowest BCUT2D eigenvalue weighted by Crippen LogP contribution is -2.33. The average molecular weight is 357 g/mol. The topological polar surface area (TPSA) is 49.8 Å². The number of phenolic OH excluding ortho intramolecular Hbond substituents is 1. The first-order valence-electron chi connectivity index (χ1n) is 10.3. The molecule has 2 saturated carbocycles. The van der Waals surface area contributed by atoms with Gasteiger partial charge in [-0.25, -0.2) is 0 Å². The Morgan fingerprint density at radius 3 is 2.58 bits per heavy atom. The van der Waals surface area contributed by atoms with E-state index in [0.29, 0.717) is 23.6 Å². The molecular weight excluding hydrogens is 326 g/mol. The molecule has 1 aliphatic heterocycles. The Morgan fingerprint density at radius 1 is 1.15 bits per heavy atom. The number of benzene rings is 1. The van der Waals surface area contributed by atoms with E-state index in [0.717, 1.165) is 43.4 Å². The number of rotatable bonds is 4. The molecule has 4 rings (SSSR count). The molecule has 1 heterocycles. The van der Waals surface area contributed by atoms with Crippen molar-refractivity contribution in [2.45, 2.75) is 75.9 Å². The minimum atomic E-state index is -0.199. The van der Waals surface area contributed by atoms with E-state index in [9.17, 15) is 9.90 Å². The third-order valence-corrected chi connectivity index (χ3v) is 6.81. The SMILES string of the molecule is CN1CC2CCC1C2OC(=O)Cc1cccc(C2CCCCCC2)c1O. The van der Waals surface area contributed by atoms with Crippen LogP contribution in [0.3, 0.4) is 0 Å². The second-order valence-corrected chi connectivity index (χ2v) is 8.52. The number of ether oxygens (including phenoxy) is 1. The molecule has 0 aromatic heterocycles. The third-order valence-electron chi connectivity index (χ3n) is 6.81. The zero-order valence-electron chi connectivity index (χ0n) is 15.8. The normalized spacial score (nSPS) is 29.7. The second kappa shape index (κ2) is 7.59. The molecule has 1 aromatic carbocycles. The summed E-state index contributed by atoms with van der Waals surface area (Å²) in [6.45, 7) is 1.03. The van der Waals surface area contributed by atoms with Crippen LogP contribution in [-0.2, 0) is 16.0 Å². The molecule has 26 heavy (non-hydrogen) atoms. The van der Waals surface area contributed by atoms with Crippen LogP contribution in [0.4, 0.5) is 0 Å². The van der Waals surface area contributed by atoms with E-state index in [1.807, 2.05) is 18.2 Å². The van der Waals surface area contributed by atoms with Crippen molar-refractivity contribution < 1.29 is 14.6 Å². The maximum Gasteiger partial charge on any atom is 0.310 e. The van der Waals surface area contributed by atoms with Crippen molar-refractivity contribution in [3.8, 4) is 5.75 Å². The summed E-state index contributed by atoms with van der Waals surface area (Å²) in [5, 5.41) is 10.8. The first-order chi connectivity index (χ1) is 12.6. The molecule has 0 amide bonds. The van der Waals surface area contributed by atoms with Crippen molar-refractivity contribution in [1.29, 1.82) is 0 Å². The lowest BCUT2D eigenvalue weighted by molar-refractivity contribution is -0.149. The van der Waals surface area contributed by atoms with E-state index in [-0.39, 0.29) is 18.5 Å². The van der Waals surface area contributed by atoms with Crippen molar-refractivity contribution >= 4 is 5.97 Å². The predicted molar refractivity (Wildman–Crippen MR) is 101 cm³/mol. The summed E-state index contributed by atoms with van der Waals surface area (Å²) < 4.78 is 5.84. The molecule has 142 valence electrons. The van der Waals surface area contributed by atoms with Crippen molar-refractivity contribution in [2.24, 2.45) is 5.92 Å². The number of carbonyl (C=O) groups is 1. The van der Waals surface area contributed by atoms with Gasteiger partial charge in [0.2, 0.25) is 0 Å². The largest absolute Gasteiger partial charge is 0.507 e. The fourth-order valence-electron chi connectivity index (χ4n) is 5.40. The minimum absolute atomic E-state index is 0.0414. The highest BCUT2D eigenvalue weighted by Crippen LogP contribution is 2.40. The van der Waals surface area contributed by atoms with Gasteiger partial charge in [-0.3, -0.25) is 9.69 Å². The van der Waals surface area contributed by atoms with Crippen molar-refractivity contribution in [3.05, 3.63) is 29.3 Å². The number of phenols is 1. The van der Waals surface area contributed by atoms with Gasteiger partial charge in [0, 0.05) is 24.1 Å². The highest BCUT2D eigenvalue weighted by atomic mass is 16.5. The smallest absolute Gasteiger partial charge is 0.310 e. The van der Waals surface area contributed by atoms with E-state index in [2.05, 4.69) is 11.9 Å². The van der Waals surface area contributed by atoms with E-state index < -0.39 is 0 Å². The highest BCUT2D eigenvalue weighted by Gasteiger charge is 2.47. The molecule has 3 atom stereocenters. The first-order valence-corrected chi connectivity index (χ1v) is 10.3. The van der Waals surface area contributed by atoms with Gasteiger partial charge in [-0.15, -0.1) is 0 Å². The zero-order chi connectivity index (χ0) is 18.1. The van der Waals surface area contributed by atoms with E-state index in [4.69, 9.17) is 4.74 Å². The Balaban J connectivity index is 1.43. The number of para-hydroxylation sites is 1. The Hall–Kier alpha value is -1.55. The Morgan fingerprint density at radius 2 is 1.92 bits per heavy atom. The highest BCUT2D eigenvalue weighted by molar-refractivity contribution is 5.74. The summed E-state index contributed by atoms with van der Waals surface area (Å²) in [5.41, 5.74) is 1.74. The van der Waals surface area contributed by atoms with Crippen molar-refractivity contribution in [2.75, 3.05) is 13.6 Å². The first kappa shape index (κ1) is 17.8. The lowest BCUT2D eigenvalue weighted by Gasteiger charge is -2.22. The zero-order valence-corrected chi connectivity index (χ0v) is 15.8. The number of hydrogen-bond donors (Lipinski definition) is 1. The van der Waals surface area contributed by atoms with E-state index in [1.54, 1.807) is 0 Å². The van der Waals surface area contributed by atoms with Gasteiger partial charge in [-0.1, -0.05) is 43.9 Å². The fraction of sp³-hybridized carbons (Fsp3) is 0.682. The monoisotopic (exact) mass is 357 g/mol. The van der Waals surface area contributed by atoms with Gasteiger partial charge in [-0.05, 0) is 44.2 Å². The van der Waals surface area contributed by atoms with E-state index in [1.165, 1.54) is 25.7 Å². The van der Waals surface area contributed by atoms with Gasteiger partial charge in [0.15, 0.2) is 0 Å². The predicted octanol–water partition coefficient (Wildman–Crippen LogP) is 4.01. The van der Waals surface area contributed by atoms with Gasteiger partial charge in [0.1, 0.15) is 11.9 Å². The second-order valence-electron chi connectivity index (χ2n) is 8.52. The number of piperidine rings is 1. The molecule has 3 unspecified atom stereocenters. The number of hydrogen-bond acceptors (Lipinski definition) is 4. The third kappa shape index (κ3) is 3.48. The van der Waals surface area contributed by atoms with Crippen LogP contribution in [-0.4, -0.2) is 41.7 Å². The number of carbonyl (C=O) groups excluding carboxylic acids is 1. The number of esters is 1. The van der Waals surface area contributed by atoms with Gasteiger partial charge in [0.05, 0.1) is 6.42 Å². The van der Waals surface area contributed by atoms with Crippen molar-refractivity contribution in [3.63, 3.8) is 0 Å². The molecule has 2 aliphatic carbocycles. The average Bonchev–Trinajstić information content (AvgIpc) is 3.00. The molecule has 0 radical (unpaired) electrons. The number of likely N-dealkylation sites (N-methyl/N-ethyl adjacent to an activating group) is 1. The Labute approximate surface area is 156 Å². The quantitative estimate of drug-likeness (QED) is 0.653. The summed E-state index contributed by atoms with van der Waals surface area (Å²) in [6.07, 6.45) is 9.83. The molecule has 2 bridgehead atoms. The van der Waals surface area contributed by atoms with Crippen LogP contribution in [0.5, 0.6) is 5.75 Å².